The molecule has 0 fully saturated rings. The monoisotopic (exact) mass is 456 g/mol. The Bertz CT molecular complexity index is 1600. The van der Waals surface area contributed by atoms with E-state index in [4.69, 9.17) is 14.1 Å². The summed E-state index contributed by atoms with van der Waals surface area (Å²) in [5.74, 6) is 1.15. The van der Waals surface area contributed by atoms with Crippen LogP contribution in [0.5, 0.6) is 5.75 Å². The van der Waals surface area contributed by atoms with Gasteiger partial charge < -0.3 is 9.15 Å². The maximum Gasteiger partial charge on any atom is 0.336 e. The highest BCUT2D eigenvalue weighted by Crippen LogP contribution is 2.28. The van der Waals surface area contributed by atoms with Crippen molar-refractivity contribution in [1.82, 2.24) is 9.55 Å². The molecule has 0 spiro atoms. The van der Waals surface area contributed by atoms with E-state index in [9.17, 15) is 9.59 Å². The molecular weight excluding hydrogens is 436 g/mol. The van der Waals surface area contributed by atoms with Crippen molar-refractivity contribution in [3.05, 3.63) is 105 Å². The number of hydrogen-bond donors (Lipinski definition) is 0. The van der Waals surface area contributed by atoms with Crippen LogP contribution in [0.4, 0.5) is 0 Å². The third-order valence-electron chi connectivity index (χ3n) is 5.42. The molecule has 0 saturated heterocycles. The minimum Gasteiger partial charge on any atom is -0.497 e. The number of rotatable bonds is 5. The number of hydrogen-bond acceptors (Lipinski definition) is 6. The smallest absolute Gasteiger partial charge is 0.336 e. The van der Waals surface area contributed by atoms with Crippen LogP contribution in [-0.4, -0.2) is 16.7 Å². The maximum atomic E-state index is 13.4. The van der Waals surface area contributed by atoms with Gasteiger partial charge in [-0.25, -0.2) is 9.78 Å². The molecule has 0 unspecified atom stereocenters. The second-order valence-corrected chi connectivity index (χ2v) is 8.57. The van der Waals surface area contributed by atoms with Gasteiger partial charge in [0.25, 0.3) is 5.56 Å². The van der Waals surface area contributed by atoms with Crippen LogP contribution < -0.4 is 15.9 Å². The molecule has 5 aromatic rings. The molecule has 0 atom stereocenters. The quantitative estimate of drug-likeness (QED) is 0.208. The number of benzene rings is 3. The van der Waals surface area contributed by atoms with Crippen molar-refractivity contribution in [2.75, 3.05) is 7.11 Å². The Morgan fingerprint density at radius 1 is 0.970 bits per heavy atom. The van der Waals surface area contributed by atoms with Crippen LogP contribution >= 0.6 is 11.8 Å². The van der Waals surface area contributed by atoms with E-state index in [1.165, 1.54) is 17.8 Å². The summed E-state index contributed by atoms with van der Waals surface area (Å²) < 4.78 is 12.2. The van der Waals surface area contributed by atoms with Gasteiger partial charge in [0.15, 0.2) is 5.16 Å². The van der Waals surface area contributed by atoms with Gasteiger partial charge in [-0.15, -0.1) is 0 Å². The minimum atomic E-state index is -0.400. The highest BCUT2D eigenvalue weighted by molar-refractivity contribution is 7.98. The van der Waals surface area contributed by atoms with E-state index in [0.717, 1.165) is 16.5 Å². The number of ether oxygens (including phenoxy) is 1. The van der Waals surface area contributed by atoms with Gasteiger partial charge in [0.05, 0.1) is 23.7 Å². The Labute approximate surface area is 193 Å². The van der Waals surface area contributed by atoms with Crippen molar-refractivity contribution < 1.29 is 9.15 Å². The predicted octanol–water partition coefficient (Wildman–Crippen LogP) is 5.10. The molecule has 0 radical (unpaired) electrons. The van der Waals surface area contributed by atoms with Crippen molar-refractivity contribution in [2.24, 2.45) is 0 Å². The van der Waals surface area contributed by atoms with Crippen molar-refractivity contribution in [3.8, 4) is 11.4 Å². The number of nitrogens with zero attached hydrogens (tertiary/aromatic N) is 2. The van der Waals surface area contributed by atoms with E-state index in [2.05, 4.69) is 0 Å². The van der Waals surface area contributed by atoms with Crippen molar-refractivity contribution >= 4 is 33.6 Å². The zero-order valence-corrected chi connectivity index (χ0v) is 18.9. The average Bonchev–Trinajstić information content (AvgIpc) is 2.82. The van der Waals surface area contributed by atoms with Gasteiger partial charge >= 0.3 is 5.63 Å². The summed E-state index contributed by atoms with van der Waals surface area (Å²) in [5.41, 5.74) is 3.16. The molecular formula is C26H20N2O4S. The molecule has 33 heavy (non-hydrogen) atoms. The second kappa shape index (κ2) is 8.60. The van der Waals surface area contributed by atoms with Crippen LogP contribution in [0.3, 0.4) is 0 Å². The molecule has 3 aromatic carbocycles. The van der Waals surface area contributed by atoms with E-state index in [1.807, 2.05) is 67.6 Å². The summed E-state index contributed by atoms with van der Waals surface area (Å²) in [7, 11) is 1.60. The summed E-state index contributed by atoms with van der Waals surface area (Å²) in [6.45, 7) is 1.95. The number of para-hydroxylation sites is 1. The van der Waals surface area contributed by atoms with Crippen LogP contribution in [0, 0.1) is 6.92 Å². The zero-order chi connectivity index (χ0) is 22.9. The molecule has 0 aliphatic heterocycles. The number of aryl methyl sites for hydroxylation is 1. The van der Waals surface area contributed by atoms with Crippen LogP contribution in [0.2, 0.25) is 0 Å². The van der Waals surface area contributed by atoms with Gasteiger partial charge in [0.1, 0.15) is 11.3 Å². The van der Waals surface area contributed by atoms with Crippen LogP contribution in [0.15, 0.2) is 92.0 Å². The summed E-state index contributed by atoms with van der Waals surface area (Å²) in [5, 5.41) is 1.95. The second-order valence-electron chi connectivity index (χ2n) is 7.63. The Balaban J connectivity index is 1.63. The number of aromatic nitrogens is 2. The lowest BCUT2D eigenvalue weighted by molar-refractivity contribution is 0.414. The molecule has 5 rings (SSSR count). The summed E-state index contributed by atoms with van der Waals surface area (Å²) in [6.07, 6.45) is 0. The fraction of sp³-hybridized carbons (Fsp3) is 0.115. The van der Waals surface area contributed by atoms with Gasteiger partial charge in [-0.05, 0) is 60.5 Å². The third kappa shape index (κ3) is 4.03. The van der Waals surface area contributed by atoms with Crippen molar-refractivity contribution in [1.29, 1.82) is 0 Å². The van der Waals surface area contributed by atoms with Gasteiger partial charge in [-0.1, -0.05) is 36.0 Å². The molecule has 0 bridgehead atoms. The first kappa shape index (κ1) is 21.0. The summed E-state index contributed by atoms with van der Waals surface area (Å²) >= 11 is 1.40. The molecule has 2 heterocycles. The first-order valence-electron chi connectivity index (χ1n) is 10.4. The van der Waals surface area contributed by atoms with Crippen LogP contribution in [0.1, 0.15) is 11.1 Å². The standard InChI is InChI=1S/C26H20N2O4S/c1-16-7-12-20-17(14-24(29)32-23(20)13-16)15-33-26-27-22-6-4-3-5-21(22)25(30)28(26)18-8-10-19(31-2)11-9-18/h3-14H,15H2,1-2H3. The maximum absolute atomic E-state index is 13.4. The van der Waals surface area contributed by atoms with Crippen LogP contribution in [0.25, 0.3) is 27.6 Å². The number of fused-ring (bicyclic) bond motifs is 2. The van der Waals surface area contributed by atoms with E-state index in [0.29, 0.717) is 38.8 Å². The molecule has 7 heteroatoms. The summed E-state index contributed by atoms with van der Waals surface area (Å²) in [6, 6.07) is 21.9. The Morgan fingerprint density at radius 3 is 2.55 bits per heavy atom. The highest BCUT2D eigenvalue weighted by Gasteiger charge is 2.15. The lowest BCUT2D eigenvalue weighted by Crippen LogP contribution is -2.21. The van der Waals surface area contributed by atoms with Crippen molar-refractivity contribution in [3.63, 3.8) is 0 Å². The van der Waals surface area contributed by atoms with Gasteiger partial charge in [-0.3, -0.25) is 9.36 Å². The molecule has 0 amide bonds. The Kier molecular flexibility index (Phi) is 5.48. The number of thioether (sulfide) groups is 1. The third-order valence-corrected chi connectivity index (χ3v) is 6.41. The van der Waals surface area contributed by atoms with Gasteiger partial charge in [-0.2, -0.15) is 0 Å². The van der Waals surface area contributed by atoms with E-state index >= 15 is 0 Å². The van der Waals surface area contributed by atoms with Gasteiger partial charge in [0, 0.05) is 17.2 Å². The molecule has 0 aliphatic rings. The first-order valence-corrected chi connectivity index (χ1v) is 11.3. The molecule has 164 valence electrons. The van der Waals surface area contributed by atoms with Crippen molar-refractivity contribution in [2.45, 2.75) is 17.8 Å². The van der Waals surface area contributed by atoms with E-state index < -0.39 is 5.63 Å². The fourth-order valence-electron chi connectivity index (χ4n) is 3.77. The topological polar surface area (TPSA) is 74.3 Å². The van der Waals surface area contributed by atoms with Crippen LogP contribution in [-0.2, 0) is 5.75 Å². The summed E-state index contributed by atoms with van der Waals surface area (Å²) in [4.78, 5) is 30.4. The Morgan fingerprint density at radius 2 is 1.76 bits per heavy atom. The molecule has 2 aromatic heterocycles. The predicted molar refractivity (Wildman–Crippen MR) is 131 cm³/mol. The average molecular weight is 457 g/mol. The lowest BCUT2D eigenvalue weighted by atomic mass is 10.1. The fourth-order valence-corrected chi connectivity index (χ4v) is 4.77. The Hall–Kier alpha value is -3.84. The highest BCUT2D eigenvalue weighted by atomic mass is 32.2. The zero-order valence-electron chi connectivity index (χ0n) is 18.1. The molecule has 0 N–H and O–H groups in total. The minimum absolute atomic E-state index is 0.152. The molecule has 0 saturated carbocycles. The van der Waals surface area contributed by atoms with E-state index in [1.54, 1.807) is 17.7 Å². The van der Waals surface area contributed by atoms with E-state index in [-0.39, 0.29) is 5.56 Å². The molecule has 6 nitrogen and oxygen atoms in total. The number of methoxy groups -OCH3 is 1. The molecule has 0 aliphatic carbocycles. The first-order chi connectivity index (χ1) is 16.0. The van der Waals surface area contributed by atoms with Gasteiger partial charge in [0.2, 0.25) is 0 Å². The normalized spacial score (nSPS) is 11.2. The largest absolute Gasteiger partial charge is 0.497 e. The SMILES string of the molecule is COc1ccc(-n2c(SCc3cc(=O)oc4cc(C)ccc34)nc3ccccc3c2=O)cc1. The lowest BCUT2D eigenvalue weighted by Gasteiger charge is -2.14.